The van der Waals surface area contributed by atoms with Crippen molar-refractivity contribution in [3.63, 3.8) is 0 Å². The number of hydrogen-bond donors (Lipinski definition) is 4. The molecule has 4 nitrogen and oxygen atoms in total. The minimum absolute atomic E-state index is 0. The normalized spacial score (nSPS) is 9.67. The predicted octanol–water partition coefficient (Wildman–Crippen LogP) is 4.19. The number of nitrogens with two attached hydrogens (primary N) is 4. The lowest BCUT2D eigenvalue weighted by atomic mass is 9.92. The Bertz CT molecular complexity index is 722. The van der Waals surface area contributed by atoms with E-state index in [4.69, 9.17) is 22.9 Å². The molecule has 3 rings (SSSR count). The smallest absolute Gasteiger partial charge is 0.0656 e. The maximum Gasteiger partial charge on any atom is 0.0656 e. The molecule has 126 valence electrons. The molecule has 0 amide bonds. The average Bonchev–Trinajstić information content (AvgIpc) is 2.55. The van der Waals surface area contributed by atoms with Crippen LogP contribution >= 0.6 is 24.8 Å². The molecule has 0 unspecified atom stereocenters. The van der Waals surface area contributed by atoms with Crippen molar-refractivity contribution in [1.29, 1.82) is 0 Å². The van der Waals surface area contributed by atoms with Gasteiger partial charge in [-0.15, -0.1) is 24.8 Å². The summed E-state index contributed by atoms with van der Waals surface area (Å²) in [6.45, 7) is 0. The molecule has 0 saturated carbocycles. The van der Waals surface area contributed by atoms with Crippen LogP contribution in [0.2, 0.25) is 0 Å². The molecule has 6 heteroatoms. The summed E-state index contributed by atoms with van der Waals surface area (Å²) < 4.78 is 0. The van der Waals surface area contributed by atoms with Crippen LogP contribution in [0, 0.1) is 0 Å². The number of benzene rings is 3. The van der Waals surface area contributed by atoms with Gasteiger partial charge in [0, 0.05) is 11.1 Å². The van der Waals surface area contributed by atoms with Crippen LogP contribution in [0.3, 0.4) is 0 Å². The Morgan fingerprint density at radius 3 is 0.917 bits per heavy atom. The number of halogens is 2. The number of rotatable bonds is 2. The van der Waals surface area contributed by atoms with Crippen LogP contribution in [0.15, 0.2) is 60.7 Å². The second-order valence-corrected chi connectivity index (χ2v) is 5.14. The first-order chi connectivity index (χ1) is 10.6. The minimum atomic E-state index is 0. The van der Waals surface area contributed by atoms with E-state index in [0.717, 1.165) is 11.1 Å². The van der Waals surface area contributed by atoms with Gasteiger partial charge in [-0.2, -0.15) is 0 Å². The first kappa shape index (κ1) is 19.5. The third-order valence-corrected chi connectivity index (χ3v) is 3.78. The molecule has 0 radical (unpaired) electrons. The van der Waals surface area contributed by atoms with Crippen molar-refractivity contribution in [2.45, 2.75) is 0 Å². The molecule has 0 saturated heterocycles. The molecule has 24 heavy (non-hydrogen) atoms. The van der Waals surface area contributed by atoms with Crippen molar-refractivity contribution in [2.24, 2.45) is 0 Å². The fourth-order valence-electron chi connectivity index (χ4n) is 2.66. The highest BCUT2D eigenvalue weighted by molar-refractivity contribution is 6.07. The van der Waals surface area contributed by atoms with E-state index in [2.05, 4.69) is 0 Å². The average molecular weight is 363 g/mol. The highest BCUT2D eigenvalue weighted by Gasteiger charge is 2.19. The van der Waals surface area contributed by atoms with E-state index in [1.54, 1.807) is 0 Å². The maximum absolute atomic E-state index is 6.26. The van der Waals surface area contributed by atoms with Crippen molar-refractivity contribution in [1.82, 2.24) is 0 Å². The zero-order valence-corrected chi connectivity index (χ0v) is 14.5. The van der Waals surface area contributed by atoms with Gasteiger partial charge in [-0.05, 0) is 11.1 Å². The molecule has 0 aromatic heterocycles. The third-order valence-electron chi connectivity index (χ3n) is 3.78. The van der Waals surface area contributed by atoms with E-state index < -0.39 is 0 Å². The molecule has 0 fully saturated rings. The first-order valence-corrected chi connectivity index (χ1v) is 6.98. The van der Waals surface area contributed by atoms with E-state index in [1.807, 2.05) is 60.7 Å². The van der Waals surface area contributed by atoms with E-state index in [1.165, 1.54) is 0 Å². The van der Waals surface area contributed by atoms with Crippen LogP contribution in [-0.2, 0) is 0 Å². The molecule has 0 spiro atoms. The molecule has 0 aliphatic carbocycles. The van der Waals surface area contributed by atoms with Crippen LogP contribution < -0.4 is 22.9 Å². The van der Waals surface area contributed by atoms with Gasteiger partial charge in [0.05, 0.1) is 22.7 Å². The van der Waals surface area contributed by atoms with Crippen molar-refractivity contribution >= 4 is 47.6 Å². The molecule has 3 aromatic carbocycles. The van der Waals surface area contributed by atoms with E-state index in [9.17, 15) is 0 Å². The van der Waals surface area contributed by atoms with Crippen LogP contribution in [0.1, 0.15) is 0 Å². The second-order valence-electron chi connectivity index (χ2n) is 5.14. The maximum atomic E-state index is 6.26. The lowest BCUT2D eigenvalue weighted by Gasteiger charge is -2.19. The summed E-state index contributed by atoms with van der Waals surface area (Å²) in [6.07, 6.45) is 0. The fraction of sp³-hybridized carbons (Fsp3) is 0. The predicted molar refractivity (Wildman–Crippen MR) is 109 cm³/mol. The van der Waals surface area contributed by atoms with Gasteiger partial charge >= 0.3 is 0 Å². The van der Waals surface area contributed by atoms with Crippen LogP contribution in [-0.4, -0.2) is 0 Å². The molecule has 0 aliphatic heterocycles. The molecular weight excluding hydrogens is 343 g/mol. The van der Waals surface area contributed by atoms with E-state index in [0.29, 0.717) is 33.9 Å². The molecule has 0 heterocycles. The lowest BCUT2D eigenvalue weighted by molar-refractivity contribution is 1.57. The summed E-state index contributed by atoms with van der Waals surface area (Å²) >= 11 is 0. The first-order valence-electron chi connectivity index (χ1n) is 6.98. The Kier molecular flexibility index (Phi) is 6.35. The van der Waals surface area contributed by atoms with Crippen LogP contribution in [0.25, 0.3) is 22.3 Å². The van der Waals surface area contributed by atoms with Gasteiger partial charge in [-0.1, -0.05) is 60.7 Å². The molecule has 3 aromatic rings. The number of hydrogen-bond acceptors (Lipinski definition) is 4. The van der Waals surface area contributed by atoms with Gasteiger partial charge in [0.2, 0.25) is 0 Å². The van der Waals surface area contributed by atoms with Crippen LogP contribution in [0.5, 0.6) is 0 Å². The minimum Gasteiger partial charge on any atom is -0.396 e. The zero-order chi connectivity index (χ0) is 15.7. The zero-order valence-electron chi connectivity index (χ0n) is 12.9. The monoisotopic (exact) mass is 362 g/mol. The molecule has 0 atom stereocenters. The summed E-state index contributed by atoms with van der Waals surface area (Å²) in [4.78, 5) is 0. The highest BCUT2D eigenvalue weighted by atomic mass is 35.5. The van der Waals surface area contributed by atoms with Crippen molar-refractivity contribution in [3.8, 4) is 22.3 Å². The summed E-state index contributed by atoms with van der Waals surface area (Å²) in [5, 5.41) is 0. The second kappa shape index (κ2) is 7.81. The Morgan fingerprint density at radius 2 is 0.667 bits per heavy atom. The van der Waals surface area contributed by atoms with E-state index >= 15 is 0 Å². The summed E-state index contributed by atoms with van der Waals surface area (Å²) in [5.74, 6) is 0. The molecule has 0 aliphatic rings. The Balaban J connectivity index is 0.00000144. The van der Waals surface area contributed by atoms with Gasteiger partial charge in [0.25, 0.3) is 0 Å². The highest BCUT2D eigenvalue weighted by Crippen LogP contribution is 2.46. The summed E-state index contributed by atoms with van der Waals surface area (Å²) in [5.41, 5.74) is 30.0. The fourth-order valence-corrected chi connectivity index (χ4v) is 2.66. The summed E-state index contributed by atoms with van der Waals surface area (Å²) in [7, 11) is 0. The van der Waals surface area contributed by atoms with Gasteiger partial charge in [0.15, 0.2) is 0 Å². The van der Waals surface area contributed by atoms with Gasteiger partial charge in [-0.3, -0.25) is 0 Å². The Hall–Kier alpha value is -2.56. The topological polar surface area (TPSA) is 104 Å². The largest absolute Gasteiger partial charge is 0.396 e. The number of anilines is 4. The Morgan fingerprint density at radius 1 is 0.417 bits per heavy atom. The van der Waals surface area contributed by atoms with Gasteiger partial charge in [0.1, 0.15) is 0 Å². The standard InChI is InChI=1S/C18H18N4.2ClH/c19-15-13(11-7-3-1-4-8-11)16(20)18(22)14(17(15)21)12-9-5-2-6-10-12;;/h1-10H,19-22H2;2*1H. The third kappa shape index (κ3) is 3.20. The van der Waals surface area contributed by atoms with Crippen LogP contribution in [0.4, 0.5) is 22.7 Å². The van der Waals surface area contributed by atoms with Crippen molar-refractivity contribution in [2.75, 3.05) is 22.9 Å². The quantitative estimate of drug-likeness (QED) is 0.512. The van der Waals surface area contributed by atoms with E-state index in [-0.39, 0.29) is 24.8 Å². The van der Waals surface area contributed by atoms with Crippen molar-refractivity contribution in [3.05, 3.63) is 60.7 Å². The number of nitrogen functional groups attached to an aromatic ring is 4. The summed E-state index contributed by atoms with van der Waals surface area (Å²) in [6, 6.07) is 19.3. The molecular formula is C18H20Cl2N4. The lowest BCUT2D eigenvalue weighted by Crippen LogP contribution is -2.08. The molecule has 0 bridgehead atoms. The SMILES string of the molecule is Cl.Cl.Nc1c(N)c(-c2ccccc2)c(N)c(N)c1-c1ccccc1. The van der Waals surface area contributed by atoms with Crippen molar-refractivity contribution < 1.29 is 0 Å². The Labute approximate surface area is 153 Å². The van der Waals surface area contributed by atoms with Gasteiger partial charge in [-0.25, -0.2) is 0 Å². The van der Waals surface area contributed by atoms with Gasteiger partial charge < -0.3 is 22.9 Å². The molecule has 8 N–H and O–H groups in total.